The van der Waals surface area contributed by atoms with Crippen molar-refractivity contribution in [2.24, 2.45) is 0 Å². The first-order valence-corrected chi connectivity index (χ1v) is 20.7. The highest BCUT2D eigenvalue weighted by molar-refractivity contribution is 5.70. The van der Waals surface area contributed by atoms with E-state index in [0.29, 0.717) is 25.0 Å². The van der Waals surface area contributed by atoms with Gasteiger partial charge in [0.1, 0.15) is 6.61 Å². The molecule has 0 spiro atoms. The van der Waals surface area contributed by atoms with Gasteiger partial charge in [0.05, 0.1) is 18.8 Å². The molecule has 1 fully saturated rings. The molecule has 1 saturated heterocycles. The second-order valence-corrected chi connectivity index (χ2v) is 14.1. The van der Waals surface area contributed by atoms with E-state index in [-0.39, 0.29) is 31.6 Å². The molecule has 0 aromatic heterocycles. The second-order valence-electron chi connectivity index (χ2n) is 14.1. The minimum atomic E-state index is -0.800. The van der Waals surface area contributed by atoms with Crippen LogP contribution in [0.1, 0.15) is 194 Å². The van der Waals surface area contributed by atoms with E-state index < -0.39 is 6.10 Å². The fourth-order valence-electron chi connectivity index (χ4n) is 6.11. The van der Waals surface area contributed by atoms with Crippen LogP contribution < -0.4 is 0 Å². The van der Waals surface area contributed by atoms with Gasteiger partial charge in [0.2, 0.25) is 0 Å². The first-order chi connectivity index (χ1) is 24.1. The molecule has 3 atom stereocenters. The lowest BCUT2D eigenvalue weighted by molar-refractivity contribution is -0.161. The number of carbonyl (C=O) groups is 2. The maximum atomic E-state index is 12.2. The molecule has 0 radical (unpaired) electrons. The fraction of sp³-hybridized carbons (Fsp3) is 0.814. The number of carbonyl (C=O) groups excluding carboxylic acids is 2. The summed E-state index contributed by atoms with van der Waals surface area (Å²) >= 11 is 0. The van der Waals surface area contributed by atoms with Crippen molar-refractivity contribution in [1.82, 2.24) is 0 Å². The smallest absolute Gasteiger partial charge is 0.306 e. The molecule has 1 heterocycles. The number of aliphatic hydroxyl groups is 1. The van der Waals surface area contributed by atoms with Crippen molar-refractivity contribution in [3.8, 4) is 0 Å². The van der Waals surface area contributed by atoms with Crippen molar-refractivity contribution in [3.63, 3.8) is 0 Å². The topological polar surface area (TPSA) is 85.4 Å². The maximum Gasteiger partial charge on any atom is 0.306 e. The van der Waals surface area contributed by atoms with Crippen LogP contribution in [0.5, 0.6) is 0 Å². The molecule has 0 aliphatic carbocycles. The zero-order chi connectivity index (χ0) is 35.5. The van der Waals surface area contributed by atoms with E-state index in [4.69, 9.17) is 14.2 Å². The summed E-state index contributed by atoms with van der Waals surface area (Å²) in [6.45, 7) is 4.07. The summed E-state index contributed by atoms with van der Waals surface area (Å²) < 4.78 is 16.3. The number of aliphatic hydroxyl groups excluding tert-OH is 1. The van der Waals surface area contributed by atoms with E-state index in [1.54, 1.807) is 0 Å². The highest BCUT2D eigenvalue weighted by Gasteiger charge is 2.36. The molecule has 1 rings (SSSR count). The van der Waals surface area contributed by atoms with Gasteiger partial charge in [-0.3, -0.25) is 9.59 Å². The summed E-state index contributed by atoms with van der Waals surface area (Å²) in [7, 11) is 0. The number of hydrogen-bond donors (Lipinski definition) is 1. The summed E-state index contributed by atoms with van der Waals surface area (Å²) in [5, 5.41) is 9.56. The number of unbranched alkanes of at least 4 members (excludes halogenated alkanes) is 19. The fourth-order valence-corrected chi connectivity index (χ4v) is 6.11. The van der Waals surface area contributed by atoms with Gasteiger partial charge in [-0.2, -0.15) is 0 Å². The molecule has 0 amide bonds. The van der Waals surface area contributed by atoms with Gasteiger partial charge in [0, 0.05) is 12.8 Å². The van der Waals surface area contributed by atoms with Gasteiger partial charge in [-0.05, 0) is 44.9 Å². The van der Waals surface area contributed by atoms with Gasteiger partial charge in [-0.15, -0.1) is 0 Å². The summed E-state index contributed by atoms with van der Waals surface area (Å²) in [5.41, 5.74) is 0. The van der Waals surface area contributed by atoms with Crippen LogP contribution >= 0.6 is 0 Å². The standard InChI is InChI=1S/C43H76O6/c1-3-5-7-8-9-10-11-12-13-14-15-16-17-21-24-27-31-35-42(45)47-38-39(37-44)48-43(46)36-32-28-25-22-19-18-20-23-26-30-34-41-40(49-41)33-29-6-4-2/h18,20,22,25-26,30,39-41,44H,3-17,19,21,23-24,27-29,31-38H2,1-2H3/b20-18-,25-22-,30-26-/t39-,40?,41?/m0/s1. The Labute approximate surface area is 301 Å². The van der Waals surface area contributed by atoms with Crippen LogP contribution in [0.2, 0.25) is 0 Å². The molecule has 0 aromatic carbocycles. The SMILES string of the molecule is CCCCCCCCCCCCCCCCCCCC(=O)OC[C@H](CO)OC(=O)CCC/C=C\C/C=C\C/C=C\CC1OC1CCCCC. The molecular weight excluding hydrogens is 612 g/mol. The molecule has 284 valence electrons. The van der Waals surface area contributed by atoms with E-state index in [1.807, 2.05) is 0 Å². The molecule has 0 aromatic rings. The number of epoxide rings is 1. The summed E-state index contributed by atoms with van der Waals surface area (Å²) in [5.74, 6) is -0.656. The monoisotopic (exact) mass is 689 g/mol. The molecule has 1 aliphatic heterocycles. The van der Waals surface area contributed by atoms with Crippen LogP contribution in [-0.4, -0.2) is 48.6 Å². The van der Waals surface area contributed by atoms with Crippen molar-refractivity contribution in [2.75, 3.05) is 13.2 Å². The minimum Gasteiger partial charge on any atom is -0.462 e. The van der Waals surface area contributed by atoms with E-state index in [9.17, 15) is 14.7 Å². The third-order valence-corrected chi connectivity index (χ3v) is 9.36. The van der Waals surface area contributed by atoms with E-state index in [2.05, 4.69) is 50.3 Å². The Morgan fingerprint density at radius 2 is 1.08 bits per heavy atom. The van der Waals surface area contributed by atoms with E-state index >= 15 is 0 Å². The molecule has 6 heteroatoms. The average Bonchev–Trinajstić information content (AvgIpc) is 3.86. The zero-order valence-electron chi connectivity index (χ0n) is 31.9. The van der Waals surface area contributed by atoms with Crippen molar-refractivity contribution >= 4 is 11.9 Å². The average molecular weight is 689 g/mol. The maximum absolute atomic E-state index is 12.2. The molecule has 49 heavy (non-hydrogen) atoms. The zero-order valence-corrected chi connectivity index (χ0v) is 31.9. The van der Waals surface area contributed by atoms with Gasteiger partial charge >= 0.3 is 11.9 Å². The highest BCUT2D eigenvalue weighted by Crippen LogP contribution is 2.30. The number of allylic oxidation sites excluding steroid dienone is 5. The molecule has 1 N–H and O–H groups in total. The third-order valence-electron chi connectivity index (χ3n) is 9.36. The predicted molar refractivity (Wildman–Crippen MR) is 205 cm³/mol. The van der Waals surface area contributed by atoms with Crippen LogP contribution in [0, 0.1) is 0 Å². The van der Waals surface area contributed by atoms with Crippen LogP contribution in [0.15, 0.2) is 36.5 Å². The van der Waals surface area contributed by atoms with Crippen LogP contribution in [-0.2, 0) is 23.8 Å². The lowest BCUT2D eigenvalue weighted by atomic mass is 10.0. The molecule has 2 unspecified atom stereocenters. The Hall–Kier alpha value is -1.92. The van der Waals surface area contributed by atoms with Crippen molar-refractivity contribution in [2.45, 2.75) is 212 Å². The number of hydrogen-bond acceptors (Lipinski definition) is 6. The van der Waals surface area contributed by atoms with Gasteiger partial charge in [0.15, 0.2) is 6.10 Å². The van der Waals surface area contributed by atoms with Crippen LogP contribution in [0.3, 0.4) is 0 Å². The number of ether oxygens (including phenoxy) is 3. The van der Waals surface area contributed by atoms with Crippen LogP contribution in [0.25, 0.3) is 0 Å². The summed E-state index contributed by atoms with van der Waals surface area (Å²) in [6.07, 6.45) is 45.3. The number of esters is 2. The van der Waals surface area contributed by atoms with Crippen molar-refractivity contribution < 1.29 is 28.9 Å². The minimum absolute atomic E-state index is 0.0879. The Morgan fingerprint density at radius 3 is 1.65 bits per heavy atom. The van der Waals surface area contributed by atoms with E-state index in [0.717, 1.165) is 44.9 Å². The Bertz CT molecular complexity index is 849. The lowest BCUT2D eigenvalue weighted by Crippen LogP contribution is -2.28. The first kappa shape index (κ1) is 45.1. The predicted octanol–water partition coefficient (Wildman–Crippen LogP) is 11.8. The third kappa shape index (κ3) is 30.6. The normalized spacial score (nSPS) is 16.6. The molecule has 0 saturated carbocycles. The van der Waals surface area contributed by atoms with Gasteiger partial charge in [-0.1, -0.05) is 172 Å². The molecule has 0 bridgehead atoms. The van der Waals surface area contributed by atoms with E-state index in [1.165, 1.54) is 116 Å². The molecule has 6 nitrogen and oxygen atoms in total. The van der Waals surface area contributed by atoms with Crippen LogP contribution in [0.4, 0.5) is 0 Å². The van der Waals surface area contributed by atoms with Gasteiger partial charge < -0.3 is 19.3 Å². The molecule has 1 aliphatic rings. The largest absolute Gasteiger partial charge is 0.462 e. The summed E-state index contributed by atoms with van der Waals surface area (Å²) in [6, 6.07) is 0. The molecular formula is C43H76O6. The second kappa shape index (κ2) is 34.5. The highest BCUT2D eigenvalue weighted by atomic mass is 16.6. The Balaban J connectivity index is 1.90. The number of rotatable bonds is 36. The van der Waals surface area contributed by atoms with Gasteiger partial charge in [0.25, 0.3) is 0 Å². The van der Waals surface area contributed by atoms with Crippen molar-refractivity contribution in [3.05, 3.63) is 36.5 Å². The lowest BCUT2D eigenvalue weighted by Gasteiger charge is -2.15. The summed E-state index contributed by atoms with van der Waals surface area (Å²) in [4.78, 5) is 24.3. The first-order valence-electron chi connectivity index (χ1n) is 20.7. The van der Waals surface area contributed by atoms with Crippen molar-refractivity contribution in [1.29, 1.82) is 0 Å². The quantitative estimate of drug-likeness (QED) is 0.0305. The van der Waals surface area contributed by atoms with Gasteiger partial charge in [-0.25, -0.2) is 0 Å². The Morgan fingerprint density at radius 1 is 0.592 bits per heavy atom. The Kier molecular flexibility index (Phi) is 31.8.